The Morgan fingerprint density at radius 2 is 1.91 bits per heavy atom. The number of anilines is 1. The molecule has 1 atom stereocenters. The summed E-state index contributed by atoms with van der Waals surface area (Å²) in [6, 6.07) is 8.87. The van der Waals surface area contributed by atoms with E-state index in [9.17, 15) is 0 Å². The SMILES string of the molecule is Cc1ccc(C(CNc2ncc3c(ncn3C)n2)N(C)C)cc1. The standard InChI is InChI=1S/C17H22N6/c1-12-5-7-13(8-6-12)14(22(2)3)9-18-17-19-10-15-16(21-17)20-11-23(15)4/h5-8,10-11,14H,9H2,1-4H3,(H,18,19,21). The van der Waals surface area contributed by atoms with Crippen LogP contribution in [0.1, 0.15) is 17.2 Å². The molecule has 3 rings (SSSR count). The van der Waals surface area contributed by atoms with Gasteiger partial charge in [0.2, 0.25) is 5.95 Å². The van der Waals surface area contributed by atoms with E-state index >= 15 is 0 Å². The van der Waals surface area contributed by atoms with Gasteiger partial charge in [-0.15, -0.1) is 0 Å². The molecule has 120 valence electrons. The van der Waals surface area contributed by atoms with Gasteiger partial charge in [-0.2, -0.15) is 4.98 Å². The number of aryl methyl sites for hydroxylation is 2. The van der Waals surface area contributed by atoms with Gasteiger partial charge >= 0.3 is 0 Å². The Morgan fingerprint density at radius 1 is 1.17 bits per heavy atom. The van der Waals surface area contributed by atoms with Crippen LogP contribution in [0.5, 0.6) is 0 Å². The third-order valence-electron chi connectivity index (χ3n) is 4.02. The Balaban J connectivity index is 1.76. The van der Waals surface area contributed by atoms with Gasteiger partial charge in [-0.3, -0.25) is 0 Å². The number of nitrogens with zero attached hydrogens (tertiary/aromatic N) is 5. The van der Waals surface area contributed by atoms with Gasteiger partial charge < -0.3 is 14.8 Å². The predicted octanol–water partition coefficient (Wildman–Crippen LogP) is 2.39. The maximum absolute atomic E-state index is 4.46. The molecule has 3 aromatic rings. The van der Waals surface area contributed by atoms with Crippen LogP contribution in [0.15, 0.2) is 36.8 Å². The number of likely N-dealkylation sites (N-methyl/N-ethyl adjacent to an activating group) is 1. The first kappa shape index (κ1) is 15.4. The molecule has 0 saturated carbocycles. The second-order valence-corrected chi connectivity index (χ2v) is 6.03. The van der Waals surface area contributed by atoms with Crippen molar-refractivity contribution in [2.45, 2.75) is 13.0 Å². The summed E-state index contributed by atoms with van der Waals surface area (Å²) in [6.07, 6.45) is 3.55. The molecule has 0 spiro atoms. The van der Waals surface area contributed by atoms with Crippen LogP contribution in [0.4, 0.5) is 5.95 Å². The summed E-state index contributed by atoms with van der Waals surface area (Å²) in [4.78, 5) is 15.3. The summed E-state index contributed by atoms with van der Waals surface area (Å²) in [6.45, 7) is 2.83. The van der Waals surface area contributed by atoms with Gasteiger partial charge in [-0.05, 0) is 26.6 Å². The summed E-state index contributed by atoms with van der Waals surface area (Å²) in [5, 5.41) is 3.33. The summed E-state index contributed by atoms with van der Waals surface area (Å²) in [7, 11) is 6.09. The zero-order valence-electron chi connectivity index (χ0n) is 14.0. The first-order chi connectivity index (χ1) is 11.0. The Kier molecular flexibility index (Phi) is 4.25. The summed E-state index contributed by atoms with van der Waals surface area (Å²) < 4.78 is 1.91. The van der Waals surface area contributed by atoms with Crippen LogP contribution in [-0.4, -0.2) is 45.1 Å². The number of imidazole rings is 1. The maximum Gasteiger partial charge on any atom is 0.224 e. The highest BCUT2D eigenvalue weighted by molar-refractivity contribution is 5.70. The zero-order valence-corrected chi connectivity index (χ0v) is 14.0. The highest BCUT2D eigenvalue weighted by atomic mass is 15.2. The number of benzene rings is 1. The second kappa shape index (κ2) is 6.34. The molecule has 0 bridgehead atoms. The van der Waals surface area contributed by atoms with Gasteiger partial charge in [-0.1, -0.05) is 29.8 Å². The van der Waals surface area contributed by atoms with Gasteiger partial charge in [0.1, 0.15) is 5.52 Å². The summed E-state index contributed by atoms with van der Waals surface area (Å²) >= 11 is 0. The van der Waals surface area contributed by atoms with E-state index in [-0.39, 0.29) is 6.04 Å². The summed E-state index contributed by atoms with van der Waals surface area (Å²) in [5.74, 6) is 0.607. The minimum Gasteiger partial charge on any atom is -0.352 e. The Hall–Kier alpha value is -2.47. The first-order valence-corrected chi connectivity index (χ1v) is 7.65. The van der Waals surface area contributed by atoms with Gasteiger partial charge in [-0.25, -0.2) is 9.97 Å². The van der Waals surface area contributed by atoms with Crippen LogP contribution >= 0.6 is 0 Å². The lowest BCUT2D eigenvalue weighted by Gasteiger charge is -2.25. The molecule has 0 aliphatic carbocycles. The van der Waals surface area contributed by atoms with Crippen LogP contribution < -0.4 is 5.32 Å². The lowest BCUT2D eigenvalue weighted by atomic mass is 10.0. The van der Waals surface area contributed by atoms with Gasteiger partial charge in [0.15, 0.2) is 5.65 Å². The fraction of sp³-hybridized carbons (Fsp3) is 0.353. The predicted molar refractivity (Wildman–Crippen MR) is 92.4 cm³/mol. The van der Waals surface area contributed by atoms with Crippen molar-refractivity contribution >= 4 is 17.1 Å². The Bertz CT molecular complexity index is 790. The van der Waals surface area contributed by atoms with Crippen LogP contribution in [0.2, 0.25) is 0 Å². The fourth-order valence-electron chi connectivity index (χ4n) is 2.57. The van der Waals surface area contributed by atoms with E-state index in [1.807, 2.05) is 11.6 Å². The smallest absolute Gasteiger partial charge is 0.224 e. The molecular weight excluding hydrogens is 288 g/mol. The largest absolute Gasteiger partial charge is 0.352 e. The number of hydrogen-bond acceptors (Lipinski definition) is 5. The minimum absolute atomic E-state index is 0.249. The van der Waals surface area contributed by atoms with Crippen molar-refractivity contribution in [2.75, 3.05) is 26.0 Å². The molecule has 0 fully saturated rings. The number of aromatic nitrogens is 4. The Labute approximate surface area is 136 Å². The van der Waals surface area contributed by atoms with E-state index in [1.54, 1.807) is 12.5 Å². The van der Waals surface area contributed by atoms with Crippen LogP contribution in [0.3, 0.4) is 0 Å². The molecular formula is C17H22N6. The molecule has 0 radical (unpaired) electrons. The summed E-state index contributed by atoms with van der Waals surface area (Å²) in [5.41, 5.74) is 4.18. The molecule has 2 heterocycles. The molecule has 1 unspecified atom stereocenters. The monoisotopic (exact) mass is 310 g/mol. The number of nitrogens with one attached hydrogen (secondary N) is 1. The van der Waals surface area contributed by atoms with Crippen molar-refractivity contribution in [3.63, 3.8) is 0 Å². The third-order valence-corrected chi connectivity index (χ3v) is 4.02. The van der Waals surface area contributed by atoms with Crippen LogP contribution in [0.25, 0.3) is 11.2 Å². The molecule has 6 heteroatoms. The van der Waals surface area contributed by atoms with Gasteiger partial charge in [0.05, 0.1) is 18.6 Å². The second-order valence-electron chi connectivity index (χ2n) is 6.03. The van der Waals surface area contributed by atoms with E-state index in [4.69, 9.17) is 0 Å². The normalized spacial score (nSPS) is 12.7. The van der Waals surface area contributed by atoms with Crippen molar-refractivity contribution in [2.24, 2.45) is 7.05 Å². The highest BCUT2D eigenvalue weighted by Gasteiger charge is 2.14. The molecule has 23 heavy (non-hydrogen) atoms. The molecule has 2 aromatic heterocycles. The van der Waals surface area contributed by atoms with Gasteiger partial charge in [0, 0.05) is 13.6 Å². The van der Waals surface area contributed by atoms with Crippen LogP contribution in [-0.2, 0) is 7.05 Å². The first-order valence-electron chi connectivity index (χ1n) is 7.65. The molecule has 1 N–H and O–H groups in total. The maximum atomic E-state index is 4.46. The zero-order chi connectivity index (χ0) is 16.4. The van der Waals surface area contributed by atoms with E-state index < -0.39 is 0 Å². The molecule has 0 saturated heterocycles. The number of hydrogen-bond donors (Lipinski definition) is 1. The Morgan fingerprint density at radius 3 is 2.61 bits per heavy atom. The van der Waals surface area contributed by atoms with Crippen molar-refractivity contribution < 1.29 is 0 Å². The quantitative estimate of drug-likeness (QED) is 0.784. The molecule has 0 amide bonds. The van der Waals surface area contributed by atoms with E-state index in [0.29, 0.717) is 11.6 Å². The number of fused-ring (bicyclic) bond motifs is 1. The van der Waals surface area contributed by atoms with Crippen LogP contribution in [0, 0.1) is 6.92 Å². The van der Waals surface area contributed by atoms with Crippen molar-refractivity contribution in [3.8, 4) is 0 Å². The molecule has 0 aliphatic rings. The average Bonchev–Trinajstić information content (AvgIpc) is 2.90. The molecule has 6 nitrogen and oxygen atoms in total. The number of rotatable bonds is 5. The minimum atomic E-state index is 0.249. The van der Waals surface area contributed by atoms with E-state index in [2.05, 4.69) is 70.5 Å². The molecule has 1 aromatic carbocycles. The average molecular weight is 310 g/mol. The lowest BCUT2D eigenvalue weighted by Crippen LogP contribution is -2.27. The van der Waals surface area contributed by atoms with Crippen molar-refractivity contribution in [3.05, 3.63) is 47.9 Å². The van der Waals surface area contributed by atoms with Gasteiger partial charge in [0.25, 0.3) is 0 Å². The van der Waals surface area contributed by atoms with Crippen molar-refractivity contribution in [1.29, 1.82) is 0 Å². The van der Waals surface area contributed by atoms with Crippen molar-refractivity contribution in [1.82, 2.24) is 24.4 Å². The van der Waals surface area contributed by atoms with E-state index in [1.165, 1.54) is 11.1 Å². The topological polar surface area (TPSA) is 58.9 Å². The lowest BCUT2D eigenvalue weighted by molar-refractivity contribution is 0.311. The third kappa shape index (κ3) is 3.32. The highest BCUT2D eigenvalue weighted by Crippen LogP contribution is 2.19. The molecule has 0 aliphatic heterocycles. The van der Waals surface area contributed by atoms with E-state index in [0.717, 1.165) is 12.1 Å². The fourth-order valence-corrected chi connectivity index (χ4v) is 2.57.